The van der Waals surface area contributed by atoms with Crippen LogP contribution in [0, 0.1) is 5.82 Å². The van der Waals surface area contributed by atoms with E-state index < -0.39 is 6.10 Å². The van der Waals surface area contributed by atoms with Crippen LogP contribution in [0.25, 0.3) is 11.3 Å². The number of carbonyl (C=O) groups is 1. The van der Waals surface area contributed by atoms with Crippen LogP contribution in [0.5, 0.6) is 0 Å². The van der Waals surface area contributed by atoms with Gasteiger partial charge in [0.25, 0.3) is 5.91 Å². The third-order valence-electron chi connectivity index (χ3n) is 4.26. The predicted molar refractivity (Wildman–Crippen MR) is 92.1 cm³/mol. The average molecular weight is 363 g/mol. The highest BCUT2D eigenvalue weighted by molar-refractivity contribution is 6.00. The second-order valence-corrected chi connectivity index (χ2v) is 6.16. The number of benzene rings is 1. The quantitative estimate of drug-likeness (QED) is 0.811. The molecule has 2 aromatic rings. The van der Waals surface area contributed by atoms with Gasteiger partial charge in [0, 0.05) is 31.7 Å². The van der Waals surface area contributed by atoms with E-state index in [1.807, 2.05) is 0 Å². The number of hydrogen-bond acceptors (Lipinski definition) is 6. The number of aliphatic hydroxyl groups is 1. The highest BCUT2D eigenvalue weighted by Gasteiger charge is 2.26. The van der Waals surface area contributed by atoms with E-state index in [1.165, 1.54) is 31.2 Å². The minimum atomic E-state index is -0.989. The zero-order valence-corrected chi connectivity index (χ0v) is 14.6. The van der Waals surface area contributed by atoms with E-state index in [4.69, 9.17) is 9.26 Å². The van der Waals surface area contributed by atoms with Crippen LogP contribution in [-0.2, 0) is 4.74 Å². The van der Waals surface area contributed by atoms with Crippen LogP contribution in [0.1, 0.15) is 29.1 Å². The van der Waals surface area contributed by atoms with Crippen LogP contribution < -0.4 is 5.32 Å². The average Bonchev–Trinajstić information content (AvgIpc) is 3.08. The van der Waals surface area contributed by atoms with E-state index in [1.54, 1.807) is 0 Å². The number of nitrogens with zero attached hydrogens (tertiary/aromatic N) is 2. The van der Waals surface area contributed by atoms with Crippen LogP contribution in [0.4, 0.5) is 4.39 Å². The Hall–Kier alpha value is -2.29. The fourth-order valence-corrected chi connectivity index (χ4v) is 2.85. The number of rotatable bonds is 6. The zero-order valence-electron chi connectivity index (χ0n) is 14.6. The van der Waals surface area contributed by atoms with Crippen molar-refractivity contribution in [2.45, 2.75) is 13.0 Å². The molecule has 1 atom stereocenters. The topological polar surface area (TPSA) is 87.8 Å². The van der Waals surface area contributed by atoms with E-state index in [0.717, 1.165) is 13.1 Å². The second-order valence-electron chi connectivity index (χ2n) is 6.16. The van der Waals surface area contributed by atoms with Crippen molar-refractivity contribution < 1.29 is 23.6 Å². The van der Waals surface area contributed by atoms with Gasteiger partial charge in [0.15, 0.2) is 5.76 Å². The Kier molecular flexibility index (Phi) is 5.97. The molecule has 1 fully saturated rings. The molecule has 1 amide bonds. The lowest BCUT2D eigenvalue weighted by atomic mass is 10.0. The SMILES string of the molecule is CC(O)c1onc(-c2ccc(F)cc2)c1C(=O)NCCN1CCOCC1. The summed E-state index contributed by atoms with van der Waals surface area (Å²) in [4.78, 5) is 14.9. The van der Waals surface area contributed by atoms with Crippen molar-refractivity contribution in [2.75, 3.05) is 39.4 Å². The monoisotopic (exact) mass is 363 g/mol. The number of morpholine rings is 1. The summed E-state index contributed by atoms with van der Waals surface area (Å²) in [6, 6.07) is 5.60. The molecule has 0 aliphatic carbocycles. The van der Waals surface area contributed by atoms with E-state index in [2.05, 4.69) is 15.4 Å². The molecular weight excluding hydrogens is 341 g/mol. The van der Waals surface area contributed by atoms with Gasteiger partial charge < -0.3 is 19.7 Å². The van der Waals surface area contributed by atoms with E-state index in [0.29, 0.717) is 31.9 Å². The Labute approximate surface area is 150 Å². The van der Waals surface area contributed by atoms with Crippen molar-refractivity contribution in [1.82, 2.24) is 15.4 Å². The molecule has 1 aliphatic heterocycles. The van der Waals surface area contributed by atoms with Gasteiger partial charge in [-0.3, -0.25) is 9.69 Å². The molecular formula is C18H22FN3O4. The molecule has 1 unspecified atom stereocenters. The van der Waals surface area contributed by atoms with Crippen molar-refractivity contribution >= 4 is 5.91 Å². The van der Waals surface area contributed by atoms with Crippen molar-refractivity contribution in [3.63, 3.8) is 0 Å². The molecule has 1 aliphatic rings. The molecule has 1 saturated heterocycles. The van der Waals surface area contributed by atoms with E-state index in [9.17, 15) is 14.3 Å². The molecule has 8 heteroatoms. The molecule has 140 valence electrons. The van der Waals surface area contributed by atoms with Gasteiger partial charge in [0.2, 0.25) is 0 Å². The first-order valence-corrected chi connectivity index (χ1v) is 8.58. The van der Waals surface area contributed by atoms with Gasteiger partial charge in [-0.2, -0.15) is 0 Å². The number of halogens is 1. The maximum absolute atomic E-state index is 13.2. The number of carbonyl (C=O) groups excluding carboxylic acids is 1. The van der Waals surface area contributed by atoms with Gasteiger partial charge >= 0.3 is 0 Å². The number of ether oxygens (including phenoxy) is 1. The molecule has 1 aromatic heterocycles. The molecule has 1 aromatic carbocycles. The molecule has 0 bridgehead atoms. The van der Waals surface area contributed by atoms with Gasteiger partial charge in [-0.15, -0.1) is 0 Å². The Bertz CT molecular complexity index is 739. The van der Waals surface area contributed by atoms with Crippen LogP contribution >= 0.6 is 0 Å². The fraction of sp³-hybridized carbons (Fsp3) is 0.444. The van der Waals surface area contributed by atoms with Crippen molar-refractivity contribution in [3.05, 3.63) is 41.4 Å². The van der Waals surface area contributed by atoms with Crippen molar-refractivity contribution in [1.29, 1.82) is 0 Å². The van der Waals surface area contributed by atoms with Gasteiger partial charge in [-0.25, -0.2) is 4.39 Å². The molecule has 0 spiro atoms. The molecule has 0 saturated carbocycles. The Balaban J connectivity index is 1.74. The minimum absolute atomic E-state index is 0.0909. The maximum atomic E-state index is 13.2. The molecule has 2 heterocycles. The summed E-state index contributed by atoms with van der Waals surface area (Å²) in [6.45, 7) is 5.72. The molecule has 7 nitrogen and oxygen atoms in total. The lowest BCUT2D eigenvalue weighted by Gasteiger charge is -2.26. The van der Waals surface area contributed by atoms with Gasteiger partial charge in [-0.1, -0.05) is 5.16 Å². The van der Waals surface area contributed by atoms with Crippen molar-refractivity contribution in [2.24, 2.45) is 0 Å². The summed E-state index contributed by atoms with van der Waals surface area (Å²) in [7, 11) is 0. The summed E-state index contributed by atoms with van der Waals surface area (Å²) in [5.74, 6) is -0.674. The summed E-state index contributed by atoms with van der Waals surface area (Å²) in [5.41, 5.74) is 0.999. The molecule has 0 radical (unpaired) electrons. The zero-order chi connectivity index (χ0) is 18.5. The molecule has 2 N–H and O–H groups in total. The first-order valence-electron chi connectivity index (χ1n) is 8.58. The largest absolute Gasteiger partial charge is 0.385 e. The van der Waals surface area contributed by atoms with Crippen LogP contribution in [0.3, 0.4) is 0 Å². The summed E-state index contributed by atoms with van der Waals surface area (Å²) >= 11 is 0. The Morgan fingerprint density at radius 1 is 1.35 bits per heavy atom. The van der Waals surface area contributed by atoms with Gasteiger partial charge in [0.1, 0.15) is 23.2 Å². The summed E-state index contributed by atoms with van der Waals surface area (Å²) < 4.78 is 23.6. The molecule has 3 rings (SSSR count). The van der Waals surface area contributed by atoms with E-state index in [-0.39, 0.29) is 28.7 Å². The third-order valence-corrected chi connectivity index (χ3v) is 4.26. The number of aromatic nitrogens is 1. The number of aliphatic hydroxyl groups excluding tert-OH is 1. The number of hydrogen-bond donors (Lipinski definition) is 2. The number of amides is 1. The normalized spacial score (nSPS) is 16.4. The van der Waals surface area contributed by atoms with Crippen LogP contribution in [-0.4, -0.2) is 60.5 Å². The fourth-order valence-electron chi connectivity index (χ4n) is 2.85. The second kappa shape index (κ2) is 8.39. The van der Waals surface area contributed by atoms with Crippen LogP contribution in [0.15, 0.2) is 28.8 Å². The first-order chi connectivity index (χ1) is 12.6. The smallest absolute Gasteiger partial charge is 0.257 e. The third kappa shape index (κ3) is 4.27. The highest BCUT2D eigenvalue weighted by Crippen LogP contribution is 2.29. The first kappa shape index (κ1) is 18.5. The van der Waals surface area contributed by atoms with Gasteiger partial charge in [-0.05, 0) is 31.2 Å². The van der Waals surface area contributed by atoms with Gasteiger partial charge in [0.05, 0.1) is 13.2 Å². The Morgan fingerprint density at radius 3 is 2.69 bits per heavy atom. The van der Waals surface area contributed by atoms with E-state index >= 15 is 0 Å². The lowest BCUT2D eigenvalue weighted by Crippen LogP contribution is -2.41. The maximum Gasteiger partial charge on any atom is 0.257 e. The molecule has 26 heavy (non-hydrogen) atoms. The Morgan fingerprint density at radius 2 is 2.04 bits per heavy atom. The number of nitrogens with one attached hydrogen (secondary N) is 1. The predicted octanol–water partition coefficient (Wildman–Crippen LogP) is 1.60. The lowest BCUT2D eigenvalue weighted by molar-refractivity contribution is 0.0383. The minimum Gasteiger partial charge on any atom is -0.385 e. The van der Waals surface area contributed by atoms with Crippen LogP contribution in [0.2, 0.25) is 0 Å². The van der Waals surface area contributed by atoms with Crippen molar-refractivity contribution in [3.8, 4) is 11.3 Å². The summed E-state index contributed by atoms with van der Waals surface area (Å²) in [5, 5.41) is 16.6. The highest BCUT2D eigenvalue weighted by atomic mass is 19.1. The summed E-state index contributed by atoms with van der Waals surface area (Å²) in [6.07, 6.45) is -0.989. The standard InChI is InChI=1S/C18H22FN3O4/c1-12(23)17-15(16(21-26-17)13-2-4-14(19)5-3-13)18(24)20-6-7-22-8-10-25-11-9-22/h2-5,12,23H,6-11H2,1H3,(H,20,24).